The first kappa shape index (κ1) is 18.4. The van der Waals surface area contributed by atoms with E-state index in [1.165, 1.54) is 6.07 Å². The highest BCUT2D eigenvalue weighted by Crippen LogP contribution is 2.26. The maximum Gasteiger partial charge on any atom is 0.433 e. The molecule has 0 saturated heterocycles. The van der Waals surface area contributed by atoms with Gasteiger partial charge < -0.3 is 14.6 Å². The molecule has 3 aromatic rings. The van der Waals surface area contributed by atoms with Crippen molar-refractivity contribution < 1.29 is 14.1 Å². The zero-order valence-electron chi connectivity index (χ0n) is 15.4. The smallest absolute Gasteiger partial charge is 0.395 e. The molecule has 1 aromatic carbocycles. The molecule has 27 heavy (non-hydrogen) atoms. The highest BCUT2D eigenvalue weighted by Gasteiger charge is 2.17. The van der Waals surface area contributed by atoms with Crippen LogP contribution in [0.3, 0.4) is 0 Å². The molecule has 1 amide bonds. The third-order valence-electron chi connectivity index (χ3n) is 4.34. The molecule has 0 aliphatic rings. The molecule has 0 saturated carbocycles. The van der Waals surface area contributed by atoms with E-state index in [0.29, 0.717) is 5.69 Å². The normalized spacial score (nSPS) is 10.8. The molecular formula is C19H20N4O4. The highest BCUT2D eigenvalue weighted by atomic mass is 16.6. The topological polar surface area (TPSA) is 102 Å². The van der Waals surface area contributed by atoms with Gasteiger partial charge in [-0.15, -0.1) is 0 Å². The number of hydrogen-bond donors (Lipinski definition) is 1. The first-order valence-corrected chi connectivity index (χ1v) is 8.64. The van der Waals surface area contributed by atoms with Gasteiger partial charge in [0.1, 0.15) is 10.7 Å². The number of fused-ring (bicyclic) bond motifs is 1. The summed E-state index contributed by atoms with van der Waals surface area (Å²) in [7, 11) is 0. The number of rotatable bonds is 6. The SMILES string of the molecule is CCN(CC)c1cc(C)c2cc(NC(=O)c3ccc([N+](=O)[O-])o3)ccc2n1. The van der Waals surface area contributed by atoms with E-state index in [4.69, 9.17) is 9.40 Å². The molecule has 140 valence electrons. The van der Waals surface area contributed by atoms with Crippen LogP contribution in [0, 0.1) is 17.0 Å². The minimum Gasteiger partial charge on any atom is -0.395 e. The van der Waals surface area contributed by atoms with Gasteiger partial charge in [0.05, 0.1) is 11.6 Å². The molecule has 8 heteroatoms. The van der Waals surface area contributed by atoms with Crippen molar-refractivity contribution in [2.45, 2.75) is 20.8 Å². The second kappa shape index (κ2) is 7.45. The van der Waals surface area contributed by atoms with E-state index in [2.05, 4.69) is 24.1 Å². The number of pyridine rings is 1. The van der Waals surface area contributed by atoms with E-state index in [-0.39, 0.29) is 5.76 Å². The second-order valence-corrected chi connectivity index (χ2v) is 6.05. The maximum absolute atomic E-state index is 12.2. The van der Waals surface area contributed by atoms with Crippen LogP contribution in [-0.4, -0.2) is 28.9 Å². The van der Waals surface area contributed by atoms with Crippen LogP contribution >= 0.6 is 0 Å². The third kappa shape index (κ3) is 3.74. The van der Waals surface area contributed by atoms with Crippen molar-refractivity contribution >= 4 is 34.2 Å². The molecular weight excluding hydrogens is 348 g/mol. The molecule has 2 aromatic heterocycles. The molecule has 0 aliphatic heterocycles. The monoisotopic (exact) mass is 368 g/mol. The van der Waals surface area contributed by atoms with Crippen LogP contribution < -0.4 is 10.2 Å². The minimum atomic E-state index is -0.685. The van der Waals surface area contributed by atoms with Crippen molar-refractivity contribution in [2.75, 3.05) is 23.3 Å². The summed E-state index contributed by atoms with van der Waals surface area (Å²) in [6.45, 7) is 7.92. The van der Waals surface area contributed by atoms with Gasteiger partial charge in [-0.05, 0) is 56.7 Å². The Balaban J connectivity index is 1.87. The van der Waals surface area contributed by atoms with Crippen LogP contribution in [0.15, 0.2) is 40.8 Å². The Morgan fingerprint density at radius 1 is 1.22 bits per heavy atom. The number of carbonyl (C=O) groups excluding carboxylic acids is 1. The van der Waals surface area contributed by atoms with Crippen LogP contribution in [0.4, 0.5) is 17.4 Å². The van der Waals surface area contributed by atoms with E-state index >= 15 is 0 Å². The van der Waals surface area contributed by atoms with Gasteiger partial charge in [0.25, 0.3) is 5.91 Å². The summed E-state index contributed by atoms with van der Waals surface area (Å²) in [4.78, 5) is 29.1. The van der Waals surface area contributed by atoms with Gasteiger partial charge in [-0.3, -0.25) is 14.9 Å². The largest absolute Gasteiger partial charge is 0.433 e. The number of nitrogens with one attached hydrogen (secondary N) is 1. The number of nitrogens with zero attached hydrogens (tertiary/aromatic N) is 3. The van der Waals surface area contributed by atoms with Crippen molar-refractivity contribution in [3.8, 4) is 0 Å². The average molecular weight is 368 g/mol. The van der Waals surface area contributed by atoms with Crippen LogP contribution in [0.2, 0.25) is 0 Å². The Kier molecular flexibility index (Phi) is 5.07. The second-order valence-electron chi connectivity index (χ2n) is 6.05. The van der Waals surface area contributed by atoms with Gasteiger partial charge in [0.2, 0.25) is 0 Å². The number of aromatic nitrogens is 1. The molecule has 2 heterocycles. The molecule has 0 spiro atoms. The molecule has 3 rings (SSSR count). The van der Waals surface area contributed by atoms with Crippen molar-refractivity contribution in [3.63, 3.8) is 0 Å². The number of benzene rings is 1. The van der Waals surface area contributed by atoms with Gasteiger partial charge in [0.15, 0.2) is 5.76 Å². The number of nitro groups is 1. The van der Waals surface area contributed by atoms with E-state index in [9.17, 15) is 14.9 Å². The first-order valence-electron chi connectivity index (χ1n) is 8.64. The lowest BCUT2D eigenvalue weighted by molar-refractivity contribution is -0.402. The zero-order valence-corrected chi connectivity index (χ0v) is 15.4. The van der Waals surface area contributed by atoms with Gasteiger partial charge in [-0.25, -0.2) is 4.98 Å². The van der Waals surface area contributed by atoms with Crippen molar-refractivity contribution in [1.82, 2.24) is 4.98 Å². The lowest BCUT2D eigenvalue weighted by atomic mass is 10.1. The van der Waals surface area contributed by atoms with Gasteiger partial charge in [-0.2, -0.15) is 0 Å². The van der Waals surface area contributed by atoms with Crippen molar-refractivity contribution in [3.05, 3.63) is 57.8 Å². The first-order chi connectivity index (χ1) is 12.9. The fourth-order valence-electron chi connectivity index (χ4n) is 2.90. The summed E-state index contributed by atoms with van der Waals surface area (Å²) >= 11 is 0. The predicted molar refractivity (Wildman–Crippen MR) is 103 cm³/mol. The standard InChI is InChI=1S/C19H20N4O4/c1-4-22(5-2)17-10-12(3)14-11-13(6-7-15(14)21-17)20-19(24)16-8-9-18(27-16)23(25)26/h6-11H,4-5H2,1-3H3,(H,20,24). The summed E-state index contributed by atoms with van der Waals surface area (Å²) < 4.78 is 4.93. The van der Waals surface area contributed by atoms with Gasteiger partial charge in [-0.1, -0.05) is 0 Å². The number of anilines is 2. The predicted octanol–water partition coefficient (Wildman–Crippen LogP) is 4.14. The van der Waals surface area contributed by atoms with E-state index in [1.54, 1.807) is 6.07 Å². The van der Waals surface area contributed by atoms with Gasteiger partial charge >= 0.3 is 5.88 Å². The molecule has 1 N–H and O–H groups in total. The zero-order chi connectivity index (χ0) is 19.6. The molecule has 0 aliphatic carbocycles. The summed E-state index contributed by atoms with van der Waals surface area (Å²) in [5, 5.41) is 14.3. The fourth-order valence-corrected chi connectivity index (χ4v) is 2.90. The summed E-state index contributed by atoms with van der Waals surface area (Å²) in [5.41, 5.74) is 2.45. The van der Waals surface area contributed by atoms with E-state index < -0.39 is 16.7 Å². The van der Waals surface area contributed by atoms with Crippen LogP contribution in [0.1, 0.15) is 30.0 Å². The van der Waals surface area contributed by atoms with E-state index in [0.717, 1.165) is 41.4 Å². The molecule has 0 fully saturated rings. The number of amides is 1. The Morgan fingerprint density at radius 2 is 1.96 bits per heavy atom. The Labute approximate surface area is 155 Å². The minimum absolute atomic E-state index is 0.117. The number of hydrogen-bond acceptors (Lipinski definition) is 6. The Hall–Kier alpha value is -3.42. The molecule has 0 radical (unpaired) electrons. The Bertz CT molecular complexity index is 1010. The third-order valence-corrected chi connectivity index (χ3v) is 4.34. The maximum atomic E-state index is 12.2. The summed E-state index contributed by atoms with van der Waals surface area (Å²) in [5.74, 6) is -0.214. The fraction of sp³-hybridized carbons (Fsp3) is 0.263. The number of carbonyl (C=O) groups is 1. The lowest BCUT2D eigenvalue weighted by Crippen LogP contribution is -2.23. The number of furan rings is 1. The number of aryl methyl sites for hydroxylation is 1. The van der Waals surface area contributed by atoms with Crippen LogP contribution in [0.25, 0.3) is 10.9 Å². The molecule has 0 atom stereocenters. The highest BCUT2D eigenvalue weighted by molar-refractivity contribution is 6.03. The lowest BCUT2D eigenvalue weighted by Gasteiger charge is -2.21. The average Bonchev–Trinajstić information content (AvgIpc) is 3.14. The summed E-state index contributed by atoms with van der Waals surface area (Å²) in [6.07, 6.45) is 0. The molecule has 0 bridgehead atoms. The van der Waals surface area contributed by atoms with Crippen molar-refractivity contribution in [2.24, 2.45) is 0 Å². The Morgan fingerprint density at radius 3 is 2.59 bits per heavy atom. The van der Waals surface area contributed by atoms with Gasteiger partial charge in [0, 0.05) is 24.2 Å². The van der Waals surface area contributed by atoms with E-state index in [1.807, 2.05) is 25.1 Å². The summed E-state index contributed by atoms with van der Waals surface area (Å²) in [6, 6.07) is 9.87. The van der Waals surface area contributed by atoms with Crippen LogP contribution in [0.5, 0.6) is 0 Å². The quantitative estimate of drug-likeness (QED) is 0.518. The molecule has 8 nitrogen and oxygen atoms in total. The van der Waals surface area contributed by atoms with Crippen molar-refractivity contribution in [1.29, 1.82) is 0 Å². The van der Waals surface area contributed by atoms with Crippen LogP contribution in [-0.2, 0) is 0 Å². The molecule has 0 unspecified atom stereocenters.